The molecule has 1 N–H and O–H groups in total. The monoisotopic (exact) mass is 564 g/mol. The number of aryl methyl sites for hydroxylation is 1. The van der Waals surface area contributed by atoms with Gasteiger partial charge >= 0.3 is 11.9 Å². The van der Waals surface area contributed by atoms with Crippen LogP contribution in [0.2, 0.25) is 0 Å². The van der Waals surface area contributed by atoms with Crippen molar-refractivity contribution in [2.24, 2.45) is 5.92 Å². The summed E-state index contributed by atoms with van der Waals surface area (Å²) in [4.78, 5) is 26.3. The van der Waals surface area contributed by atoms with Crippen molar-refractivity contribution < 1.29 is 31.5 Å². The number of halogens is 5. The zero-order chi connectivity index (χ0) is 28.6. The van der Waals surface area contributed by atoms with Crippen LogP contribution in [-0.2, 0) is 19.1 Å². The Morgan fingerprint density at radius 2 is 1.82 bits per heavy atom. The van der Waals surface area contributed by atoms with E-state index in [4.69, 9.17) is 4.74 Å². The van der Waals surface area contributed by atoms with Crippen molar-refractivity contribution in [1.29, 1.82) is 0 Å². The summed E-state index contributed by atoms with van der Waals surface area (Å²) in [5, 5.41) is 6.24. The van der Waals surface area contributed by atoms with E-state index in [-0.39, 0.29) is 17.4 Å². The first-order valence-corrected chi connectivity index (χ1v) is 13.4. The number of ether oxygens (including phenoxy) is 1. The summed E-state index contributed by atoms with van der Waals surface area (Å²) >= 11 is 0. The summed E-state index contributed by atoms with van der Waals surface area (Å²) in [7, 11) is 0. The van der Waals surface area contributed by atoms with Gasteiger partial charge in [-0.15, -0.1) is 5.10 Å². The lowest BCUT2D eigenvalue weighted by molar-refractivity contribution is -0.137. The summed E-state index contributed by atoms with van der Waals surface area (Å²) < 4.78 is 79.1. The average Bonchev–Trinajstić information content (AvgIpc) is 3.26. The van der Waals surface area contributed by atoms with Gasteiger partial charge in [0.25, 0.3) is 5.91 Å². The molecule has 3 aromatic rings. The molecule has 2 heterocycles. The highest BCUT2D eigenvalue weighted by Gasteiger charge is 2.36. The van der Waals surface area contributed by atoms with Gasteiger partial charge in [-0.05, 0) is 56.7 Å². The number of anilines is 1. The van der Waals surface area contributed by atoms with Crippen molar-refractivity contribution in [3.8, 4) is 11.4 Å². The maximum absolute atomic E-state index is 15.5. The molecular formula is C28H29F5N4O3. The highest BCUT2D eigenvalue weighted by atomic mass is 19.4. The SMILES string of the molecule is CC(Oc1cc(-n2nc3n(c2=O)CCCC3)c(F)cc1C(=O)Nc1c(F)cccc1C(F)(F)F)C1CCCCC1. The van der Waals surface area contributed by atoms with Crippen LogP contribution in [0.5, 0.6) is 5.75 Å². The number of benzene rings is 2. The molecule has 1 aliphatic heterocycles. The van der Waals surface area contributed by atoms with Crippen molar-refractivity contribution in [2.45, 2.75) is 77.1 Å². The Hall–Kier alpha value is -3.70. The lowest BCUT2D eigenvalue weighted by Crippen LogP contribution is -2.28. The Morgan fingerprint density at radius 1 is 1.07 bits per heavy atom. The normalized spacial score (nSPS) is 16.9. The third-order valence-corrected chi connectivity index (χ3v) is 7.68. The fourth-order valence-corrected chi connectivity index (χ4v) is 5.50. The van der Waals surface area contributed by atoms with Gasteiger partial charge in [-0.25, -0.2) is 13.6 Å². The Kier molecular flexibility index (Phi) is 7.70. The summed E-state index contributed by atoms with van der Waals surface area (Å²) in [6.07, 6.45) is 1.67. The smallest absolute Gasteiger partial charge is 0.418 e. The molecule has 214 valence electrons. The molecule has 5 rings (SSSR count). The van der Waals surface area contributed by atoms with Crippen molar-refractivity contribution in [1.82, 2.24) is 14.3 Å². The van der Waals surface area contributed by atoms with Crippen LogP contribution < -0.4 is 15.7 Å². The van der Waals surface area contributed by atoms with Gasteiger partial charge in [0.05, 0.1) is 22.9 Å². The second-order valence-corrected chi connectivity index (χ2v) is 10.4. The van der Waals surface area contributed by atoms with E-state index in [0.29, 0.717) is 24.9 Å². The predicted molar refractivity (Wildman–Crippen MR) is 137 cm³/mol. The van der Waals surface area contributed by atoms with Gasteiger partial charge in [-0.2, -0.15) is 17.9 Å². The number of hydrogen-bond donors (Lipinski definition) is 1. The van der Waals surface area contributed by atoms with Gasteiger partial charge < -0.3 is 10.1 Å². The number of fused-ring (bicyclic) bond motifs is 1. The van der Waals surface area contributed by atoms with Crippen LogP contribution in [0.25, 0.3) is 5.69 Å². The van der Waals surface area contributed by atoms with E-state index in [1.54, 1.807) is 6.92 Å². The number of para-hydroxylation sites is 1. The van der Waals surface area contributed by atoms with E-state index in [2.05, 4.69) is 5.10 Å². The zero-order valence-corrected chi connectivity index (χ0v) is 21.9. The molecule has 0 bridgehead atoms. The van der Waals surface area contributed by atoms with Crippen molar-refractivity contribution in [3.05, 3.63) is 69.4 Å². The number of carbonyl (C=O) groups excluding carboxylic acids is 1. The number of nitrogens with one attached hydrogen (secondary N) is 1. The van der Waals surface area contributed by atoms with Gasteiger partial charge in [0, 0.05) is 19.0 Å². The minimum absolute atomic E-state index is 0.143. The zero-order valence-electron chi connectivity index (χ0n) is 21.9. The molecule has 2 aromatic carbocycles. The lowest BCUT2D eigenvalue weighted by atomic mass is 9.86. The summed E-state index contributed by atoms with van der Waals surface area (Å²) in [6, 6.07) is 4.25. The van der Waals surface area contributed by atoms with E-state index >= 15 is 4.39 Å². The first-order valence-electron chi connectivity index (χ1n) is 13.4. The molecule has 0 spiro atoms. The molecule has 1 fully saturated rings. The number of alkyl halides is 3. The molecule has 0 saturated heterocycles. The highest BCUT2D eigenvalue weighted by molar-refractivity contribution is 6.07. The Morgan fingerprint density at radius 3 is 2.52 bits per heavy atom. The maximum Gasteiger partial charge on any atom is 0.418 e. The highest BCUT2D eigenvalue weighted by Crippen LogP contribution is 2.37. The number of hydrogen-bond acceptors (Lipinski definition) is 4. The van der Waals surface area contributed by atoms with Gasteiger partial charge in [-0.1, -0.05) is 25.3 Å². The number of rotatable bonds is 6. The van der Waals surface area contributed by atoms with E-state index in [0.717, 1.165) is 73.9 Å². The van der Waals surface area contributed by atoms with E-state index < -0.39 is 52.3 Å². The molecule has 1 unspecified atom stereocenters. The molecule has 1 aromatic heterocycles. The van der Waals surface area contributed by atoms with Crippen LogP contribution in [0, 0.1) is 17.6 Å². The second-order valence-electron chi connectivity index (χ2n) is 10.4. The van der Waals surface area contributed by atoms with Crippen molar-refractivity contribution in [3.63, 3.8) is 0 Å². The number of carbonyl (C=O) groups is 1. The van der Waals surface area contributed by atoms with Gasteiger partial charge in [0.2, 0.25) is 0 Å². The first kappa shape index (κ1) is 27.9. The topological polar surface area (TPSA) is 78.2 Å². The van der Waals surface area contributed by atoms with Crippen molar-refractivity contribution in [2.75, 3.05) is 5.32 Å². The minimum atomic E-state index is -4.95. The molecule has 40 heavy (non-hydrogen) atoms. The molecule has 1 aliphatic carbocycles. The number of nitrogens with zero attached hydrogens (tertiary/aromatic N) is 3. The molecule has 7 nitrogen and oxygen atoms in total. The molecule has 1 saturated carbocycles. The Bertz CT molecular complexity index is 1470. The summed E-state index contributed by atoms with van der Waals surface area (Å²) in [6.45, 7) is 2.25. The van der Waals surface area contributed by atoms with Crippen LogP contribution >= 0.6 is 0 Å². The van der Waals surface area contributed by atoms with Crippen LogP contribution in [0.15, 0.2) is 35.1 Å². The number of amides is 1. The quantitative estimate of drug-likeness (QED) is 0.358. The van der Waals surface area contributed by atoms with Crippen LogP contribution in [0.4, 0.5) is 27.6 Å². The molecule has 1 amide bonds. The van der Waals surface area contributed by atoms with E-state index in [1.807, 2.05) is 5.32 Å². The van der Waals surface area contributed by atoms with Gasteiger partial charge in [-0.3, -0.25) is 9.36 Å². The molecule has 0 radical (unpaired) electrons. The summed E-state index contributed by atoms with van der Waals surface area (Å²) in [5.74, 6) is -2.99. The molecule has 12 heteroatoms. The lowest BCUT2D eigenvalue weighted by Gasteiger charge is -2.29. The van der Waals surface area contributed by atoms with Gasteiger partial charge in [0.15, 0.2) is 0 Å². The van der Waals surface area contributed by atoms with Gasteiger partial charge in [0.1, 0.15) is 28.9 Å². The maximum atomic E-state index is 15.5. The van der Waals surface area contributed by atoms with E-state index in [1.165, 1.54) is 4.57 Å². The third-order valence-electron chi connectivity index (χ3n) is 7.68. The fourth-order valence-electron chi connectivity index (χ4n) is 5.50. The Labute approximate surface area is 226 Å². The molecule has 1 atom stereocenters. The van der Waals surface area contributed by atoms with Crippen LogP contribution in [0.1, 0.15) is 73.6 Å². The van der Waals surface area contributed by atoms with Crippen LogP contribution in [0.3, 0.4) is 0 Å². The first-order chi connectivity index (χ1) is 19.0. The largest absolute Gasteiger partial charge is 0.490 e. The van der Waals surface area contributed by atoms with Crippen molar-refractivity contribution >= 4 is 11.6 Å². The molecule has 2 aliphatic rings. The average molecular weight is 565 g/mol. The standard InChI is InChI=1S/C28H29F5N4O3/c1-16(17-8-3-2-4-9-17)40-23-15-22(37-27(39)36-13-6-5-12-24(36)35-37)21(30)14-18(23)26(38)34-25-19(28(31,32)33)10-7-11-20(25)29/h7,10-11,14-17H,2-6,8-9,12-13H2,1H3,(H,34,38). The minimum Gasteiger partial charge on any atom is -0.490 e. The summed E-state index contributed by atoms with van der Waals surface area (Å²) in [5.41, 5.74) is -3.69. The number of aromatic nitrogens is 3. The van der Waals surface area contributed by atoms with E-state index in [9.17, 15) is 27.2 Å². The second kappa shape index (κ2) is 11.1. The predicted octanol–water partition coefficient (Wildman–Crippen LogP) is 6.27. The molecular weight excluding hydrogens is 535 g/mol. The third kappa shape index (κ3) is 5.48. The fraction of sp³-hybridized carbons (Fsp3) is 0.464. The van der Waals surface area contributed by atoms with Crippen LogP contribution in [-0.4, -0.2) is 26.4 Å². The Balaban J connectivity index is 1.56.